The van der Waals surface area contributed by atoms with E-state index in [9.17, 15) is 13.2 Å². The van der Waals surface area contributed by atoms with Crippen LogP contribution in [-0.2, 0) is 21.2 Å². The minimum atomic E-state index is -4.02. The van der Waals surface area contributed by atoms with E-state index in [0.29, 0.717) is 17.9 Å². The van der Waals surface area contributed by atoms with Crippen molar-refractivity contribution in [2.24, 2.45) is 0 Å². The summed E-state index contributed by atoms with van der Waals surface area (Å²) in [7, 11) is -1.08. The van der Waals surface area contributed by atoms with Gasteiger partial charge < -0.3 is 14.8 Å². The molecule has 0 aliphatic heterocycles. The van der Waals surface area contributed by atoms with Crippen LogP contribution in [0, 0.1) is 6.92 Å². The summed E-state index contributed by atoms with van der Waals surface area (Å²) in [6, 6.07) is 19.9. The van der Waals surface area contributed by atoms with E-state index < -0.39 is 15.9 Å². The number of para-hydroxylation sites is 1. The fourth-order valence-electron chi connectivity index (χ4n) is 3.99. The summed E-state index contributed by atoms with van der Waals surface area (Å²) in [6.07, 6.45) is 0.461. The minimum Gasteiger partial charge on any atom is -0.493 e. The number of nitrogens with one attached hydrogen (secondary N) is 1. The van der Waals surface area contributed by atoms with E-state index in [0.717, 1.165) is 22.4 Å². The van der Waals surface area contributed by atoms with Crippen molar-refractivity contribution in [2.75, 3.05) is 32.6 Å². The molecule has 36 heavy (non-hydrogen) atoms. The van der Waals surface area contributed by atoms with Crippen LogP contribution in [0.5, 0.6) is 11.5 Å². The molecule has 7 nitrogen and oxygen atoms in total. The van der Waals surface area contributed by atoms with E-state index in [1.54, 1.807) is 6.07 Å². The quantitative estimate of drug-likeness (QED) is 0.392. The molecule has 0 saturated carbocycles. The summed E-state index contributed by atoms with van der Waals surface area (Å²) in [5.74, 6) is 0.520. The second-order valence-electron chi connectivity index (χ2n) is 8.83. The maximum atomic E-state index is 13.7. The Kier molecular flexibility index (Phi) is 9.12. The number of anilines is 1. The molecule has 0 saturated heterocycles. The molecule has 0 unspecified atom stereocenters. The SMILES string of the molecule is COc1ccc(S(=O)(=O)N(CCc2ccccc2)CC(=O)Nc2c(C)cccc2C(C)C)cc1OC. The molecule has 0 spiro atoms. The lowest BCUT2D eigenvalue weighted by atomic mass is 9.98. The van der Waals surface area contributed by atoms with E-state index >= 15 is 0 Å². The number of carbonyl (C=O) groups excluding carboxylic acids is 1. The van der Waals surface area contributed by atoms with Gasteiger partial charge in [-0.1, -0.05) is 62.4 Å². The van der Waals surface area contributed by atoms with Crippen LogP contribution in [0.3, 0.4) is 0 Å². The number of hydrogen-bond donors (Lipinski definition) is 1. The number of methoxy groups -OCH3 is 2. The fraction of sp³-hybridized carbons (Fsp3) is 0.321. The van der Waals surface area contributed by atoms with Gasteiger partial charge in [-0.2, -0.15) is 4.31 Å². The van der Waals surface area contributed by atoms with E-state index in [-0.39, 0.29) is 23.9 Å². The zero-order valence-electron chi connectivity index (χ0n) is 21.4. The summed E-state index contributed by atoms with van der Waals surface area (Å²) in [5.41, 5.74) is 3.63. The van der Waals surface area contributed by atoms with Gasteiger partial charge in [0, 0.05) is 18.3 Å². The molecule has 3 aromatic rings. The molecule has 0 aromatic heterocycles. The van der Waals surface area contributed by atoms with Crippen molar-refractivity contribution in [1.82, 2.24) is 4.31 Å². The Morgan fingerprint density at radius 3 is 2.28 bits per heavy atom. The highest BCUT2D eigenvalue weighted by Crippen LogP contribution is 2.31. The maximum Gasteiger partial charge on any atom is 0.243 e. The molecule has 0 radical (unpaired) electrons. The molecule has 1 amide bonds. The number of rotatable bonds is 11. The lowest BCUT2D eigenvalue weighted by molar-refractivity contribution is -0.116. The fourth-order valence-corrected chi connectivity index (χ4v) is 5.40. The maximum absolute atomic E-state index is 13.7. The van der Waals surface area contributed by atoms with Gasteiger partial charge >= 0.3 is 0 Å². The van der Waals surface area contributed by atoms with Crippen LogP contribution < -0.4 is 14.8 Å². The van der Waals surface area contributed by atoms with Gasteiger partial charge in [-0.25, -0.2) is 8.42 Å². The normalized spacial score (nSPS) is 11.5. The molecule has 3 rings (SSSR count). The average molecular weight is 511 g/mol. The molecule has 0 aliphatic carbocycles. The Hall–Kier alpha value is -3.36. The highest BCUT2D eigenvalue weighted by Gasteiger charge is 2.28. The second-order valence-corrected chi connectivity index (χ2v) is 10.8. The molecule has 1 N–H and O–H groups in total. The first-order chi connectivity index (χ1) is 17.2. The van der Waals surface area contributed by atoms with Crippen LogP contribution in [-0.4, -0.2) is 45.9 Å². The Labute approximate surface area is 214 Å². The number of nitrogens with zero attached hydrogens (tertiary/aromatic N) is 1. The molecular formula is C28H34N2O5S. The number of amides is 1. The van der Waals surface area contributed by atoms with Crippen LogP contribution in [0.4, 0.5) is 5.69 Å². The number of hydrogen-bond acceptors (Lipinski definition) is 5. The van der Waals surface area contributed by atoms with Gasteiger partial charge in [-0.3, -0.25) is 4.79 Å². The molecule has 0 bridgehead atoms. The Morgan fingerprint density at radius 2 is 1.64 bits per heavy atom. The molecule has 0 atom stereocenters. The number of benzene rings is 3. The second kappa shape index (κ2) is 12.1. The van der Waals surface area contributed by atoms with Crippen molar-refractivity contribution in [3.8, 4) is 11.5 Å². The number of ether oxygens (including phenoxy) is 2. The molecule has 192 valence electrons. The summed E-state index contributed by atoms with van der Waals surface area (Å²) in [5, 5.41) is 2.96. The Balaban J connectivity index is 1.92. The Bertz CT molecular complexity index is 1290. The van der Waals surface area contributed by atoms with E-state index in [2.05, 4.69) is 19.2 Å². The minimum absolute atomic E-state index is 0.0276. The van der Waals surface area contributed by atoms with Crippen LogP contribution in [0.15, 0.2) is 71.6 Å². The predicted molar refractivity (Wildman–Crippen MR) is 142 cm³/mol. The topological polar surface area (TPSA) is 84.9 Å². The Morgan fingerprint density at radius 1 is 0.944 bits per heavy atom. The van der Waals surface area contributed by atoms with E-state index in [1.165, 1.54) is 30.7 Å². The third-order valence-electron chi connectivity index (χ3n) is 6.00. The zero-order chi connectivity index (χ0) is 26.3. The van der Waals surface area contributed by atoms with Gasteiger partial charge in [0.2, 0.25) is 15.9 Å². The van der Waals surface area contributed by atoms with Gasteiger partial charge in [0.15, 0.2) is 11.5 Å². The van der Waals surface area contributed by atoms with Crippen LogP contribution in [0.1, 0.15) is 36.5 Å². The lowest BCUT2D eigenvalue weighted by Gasteiger charge is -2.23. The predicted octanol–water partition coefficient (Wildman–Crippen LogP) is 5.01. The van der Waals surface area contributed by atoms with Crippen molar-refractivity contribution in [3.63, 3.8) is 0 Å². The first kappa shape index (κ1) is 27.2. The number of aryl methyl sites for hydroxylation is 1. The number of sulfonamides is 1. The van der Waals surface area contributed by atoms with Crippen molar-refractivity contribution < 1.29 is 22.7 Å². The van der Waals surface area contributed by atoms with Crippen LogP contribution in [0.2, 0.25) is 0 Å². The first-order valence-corrected chi connectivity index (χ1v) is 13.3. The average Bonchev–Trinajstić information content (AvgIpc) is 2.87. The summed E-state index contributed by atoms with van der Waals surface area (Å²) in [6.45, 7) is 5.85. The van der Waals surface area contributed by atoms with Crippen molar-refractivity contribution in [1.29, 1.82) is 0 Å². The highest BCUT2D eigenvalue weighted by atomic mass is 32.2. The molecule has 8 heteroatoms. The number of carbonyl (C=O) groups is 1. The van der Waals surface area contributed by atoms with E-state index in [1.807, 2.05) is 55.5 Å². The first-order valence-electron chi connectivity index (χ1n) is 11.8. The van der Waals surface area contributed by atoms with Crippen LogP contribution >= 0.6 is 0 Å². The molecule has 0 heterocycles. The molecule has 0 fully saturated rings. The summed E-state index contributed by atoms with van der Waals surface area (Å²) < 4.78 is 39.2. The van der Waals surface area contributed by atoms with Gasteiger partial charge in [0.05, 0.1) is 25.7 Å². The van der Waals surface area contributed by atoms with Crippen molar-refractivity contribution in [3.05, 3.63) is 83.4 Å². The van der Waals surface area contributed by atoms with Gasteiger partial charge in [0.25, 0.3) is 0 Å². The smallest absolute Gasteiger partial charge is 0.243 e. The molecule has 3 aromatic carbocycles. The standard InChI is InChI=1S/C28H34N2O5S/c1-20(2)24-13-9-10-21(3)28(24)29-27(31)19-30(17-16-22-11-7-6-8-12-22)36(32,33)23-14-15-25(34-4)26(18-23)35-5/h6-15,18,20H,16-17,19H2,1-5H3,(H,29,31). The largest absolute Gasteiger partial charge is 0.493 e. The lowest BCUT2D eigenvalue weighted by Crippen LogP contribution is -2.39. The highest BCUT2D eigenvalue weighted by molar-refractivity contribution is 7.89. The third-order valence-corrected chi connectivity index (χ3v) is 7.84. The monoisotopic (exact) mass is 510 g/mol. The van der Waals surface area contributed by atoms with Crippen molar-refractivity contribution in [2.45, 2.75) is 38.0 Å². The zero-order valence-corrected chi connectivity index (χ0v) is 22.3. The van der Waals surface area contributed by atoms with Crippen molar-refractivity contribution >= 4 is 21.6 Å². The summed E-state index contributed by atoms with van der Waals surface area (Å²) >= 11 is 0. The molecule has 0 aliphatic rings. The van der Waals surface area contributed by atoms with Crippen LogP contribution in [0.25, 0.3) is 0 Å². The van der Waals surface area contributed by atoms with Gasteiger partial charge in [0.1, 0.15) is 0 Å². The van der Waals surface area contributed by atoms with E-state index in [4.69, 9.17) is 9.47 Å². The third kappa shape index (κ3) is 6.44. The van der Waals surface area contributed by atoms with Gasteiger partial charge in [-0.15, -0.1) is 0 Å². The molecular weight excluding hydrogens is 476 g/mol. The summed E-state index contributed by atoms with van der Waals surface area (Å²) in [4.78, 5) is 13.2. The van der Waals surface area contributed by atoms with Gasteiger partial charge in [-0.05, 0) is 48.1 Å².